The van der Waals surface area contributed by atoms with E-state index in [4.69, 9.17) is 4.42 Å². The topological polar surface area (TPSA) is 126 Å². The van der Waals surface area contributed by atoms with Crippen molar-refractivity contribution in [1.29, 1.82) is 0 Å². The third-order valence-electron chi connectivity index (χ3n) is 5.98. The van der Waals surface area contributed by atoms with E-state index < -0.39 is 17.7 Å². The number of nitrogens with one attached hydrogen (secondary N) is 3. The highest BCUT2D eigenvalue weighted by Crippen LogP contribution is 2.29. The number of hydrazine groups is 1. The maximum absolute atomic E-state index is 12.7. The molecular formula is C27H23N5O4. The van der Waals surface area contributed by atoms with Crippen LogP contribution < -0.4 is 16.3 Å². The summed E-state index contributed by atoms with van der Waals surface area (Å²) >= 11 is 0. The van der Waals surface area contributed by atoms with Gasteiger partial charge in [0.1, 0.15) is 11.5 Å². The van der Waals surface area contributed by atoms with Crippen molar-refractivity contribution in [2.45, 2.75) is 26.2 Å². The summed E-state index contributed by atoms with van der Waals surface area (Å²) in [4.78, 5) is 42.1. The Balaban J connectivity index is 1.31. The van der Waals surface area contributed by atoms with E-state index in [1.54, 1.807) is 43.3 Å². The number of carbonyl (C=O) groups excluding carboxylic acids is 3. The fourth-order valence-electron chi connectivity index (χ4n) is 4.20. The lowest BCUT2D eigenvalue weighted by atomic mass is 9.93. The van der Waals surface area contributed by atoms with Crippen molar-refractivity contribution in [3.63, 3.8) is 0 Å². The van der Waals surface area contributed by atoms with Gasteiger partial charge in [-0.25, -0.2) is 10.4 Å². The molecule has 0 saturated heterocycles. The SMILES string of the molecule is Cc1c(C(=O)NNC(=O)c2ccccc2)oc2c1/C(=N/NC(=O)c1ccc3ccccc3n1)CCC2. The van der Waals surface area contributed by atoms with Crippen LogP contribution in [0, 0.1) is 6.92 Å². The number of carbonyl (C=O) groups is 3. The van der Waals surface area contributed by atoms with Crippen LogP contribution in [0.3, 0.4) is 0 Å². The largest absolute Gasteiger partial charge is 0.455 e. The van der Waals surface area contributed by atoms with Crippen LogP contribution in [0.4, 0.5) is 0 Å². The van der Waals surface area contributed by atoms with E-state index >= 15 is 0 Å². The number of para-hydroxylation sites is 1. The van der Waals surface area contributed by atoms with E-state index in [0.717, 1.165) is 17.3 Å². The lowest BCUT2D eigenvalue weighted by Gasteiger charge is -2.13. The van der Waals surface area contributed by atoms with Crippen LogP contribution in [-0.2, 0) is 6.42 Å². The van der Waals surface area contributed by atoms with Gasteiger partial charge in [0.05, 0.1) is 11.2 Å². The Labute approximate surface area is 206 Å². The van der Waals surface area contributed by atoms with Crippen LogP contribution >= 0.6 is 0 Å². The molecule has 9 nitrogen and oxygen atoms in total. The van der Waals surface area contributed by atoms with Crippen molar-refractivity contribution < 1.29 is 18.8 Å². The molecule has 1 aliphatic rings. The molecule has 0 bridgehead atoms. The van der Waals surface area contributed by atoms with Crippen LogP contribution in [0.2, 0.25) is 0 Å². The molecule has 1 aliphatic carbocycles. The van der Waals surface area contributed by atoms with Gasteiger partial charge >= 0.3 is 5.91 Å². The molecule has 5 rings (SSSR count). The number of nitrogens with zero attached hydrogens (tertiary/aromatic N) is 2. The first-order valence-corrected chi connectivity index (χ1v) is 11.5. The molecule has 36 heavy (non-hydrogen) atoms. The summed E-state index contributed by atoms with van der Waals surface area (Å²) in [6, 6.07) is 19.6. The Hall–Kier alpha value is -4.79. The van der Waals surface area contributed by atoms with Gasteiger partial charge in [-0.3, -0.25) is 25.2 Å². The average molecular weight is 482 g/mol. The summed E-state index contributed by atoms with van der Waals surface area (Å²) in [5, 5.41) is 5.29. The van der Waals surface area contributed by atoms with E-state index in [1.165, 1.54) is 0 Å². The van der Waals surface area contributed by atoms with Gasteiger partial charge in [-0.1, -0.05) is 42.5 Å². The fraction of sp³-hybridized carbons (Fsp3) is 0.148. The van der Waals surface area contributed by atoms with Gasteiger partial charge in [-0.05, 0) is 44.0 Å². The fourth-order valence-corrected chi connectivity index (χ4v) is 4.20. The van der Waals surface area contributed by atoms with Gasteiger partial charge in [0.2, 0.25) is 0 Å². The summed E-state index contributed by atoms with van der Waals surface area (Å²) < 4.78 is 5.84. The summed E-state index contributed by atoms with van der Waals surface area (Å²) in [5.41, 5.74) is 10.7. The average Bonchev–Trinajstić information content (AvgIpc) is 3.27. The van der Waals surface area contributed by atoms with E-state index in [1.807, 2.05) is 30.3 Å². The van der Waals surface area contributed by atoms with E-state index in [-0.39, 0.29) is 11.5 Å². The van der Waals surface area contributed by atoms with Crippen LogP contribution in [0.1, 0.15) is 61.1 Å². The molecule has 0 aliphatic heterocycles. The highest BCUT2D eigenvalue weighted by molar-refractivity contribution is 6.07. The number of hydrogen-bond donors (Lipinski definition) is 3. The molecule has 9 heteroatoms. The quantitative estimate of drug-likeness (QED) is 0.384. The third kappa shape index (κ3) is 4.58. The summed E-state index contributed by atoms with van der Waals surface area (Å²) in [6.45, 7) is 1.75. The minimum Gasteiger partial charge on any atom is -0.455 e. The number of fused-ring (bicyclic) bond motifs is 2. The molecule has 4 aromatic rings. The maximum atomic E-state index is 12.7. The molecular weight excluding hydrogens is 458 g/mol. The van der Waals surface area contributed by atoms with Crippen LogP contribution in [0.15, 0.2) is 76.2 Å². The molecule has 0 spiro atoms. The highest BCUT2D eigenvalue weighted by atomic mass is 16.4. The zero-order chi connectivity index (χ0) is 25.1. The summed E-state index contributed by atoms with van der Waals surface area (Å²) in [5.74, 6) is -0.733. The molecule has 0 fully saturated rings. The second-order valence-corrected chi connectivity index (χ2v) is 8.37. The summed E-state index contributed by atoms with van der Waals surface area (Å²) in [7, 11) is 0. The van der Waals surface area contributed by atoms with Crippen molar-refractivity contribution in [2.24, 2.45) is 5.10 Å². The zero-order valence-electron chi connectivity index (χ0n) is 19.5. The Morgan fingerprint density at radius 3 is 2.44 bits per heavy atom. The number of hydrogen-bond acceptors (Lipinski definition) is 6. The first kappa shape index (κ1) is 23.0. The molecule has 0 unspecified atom stereocenters. The number of benzene rings is 2. The Morgan fingerprint density at radius 2 is 1.61 bits per heavy atom. The van der Waals surface area contributed by atoms with E-state index in [9.17, 15) is 14.4 Å². The van der Waals surface area contributed by atoms with Crippen molar-refractivity contribution in [3.8, 4) is 0 Å². The molecule has 0 saturated carbocycles. The van der Waals surface area contributed by atoms with Gasteiger partial charge in [-0.15, -0.1) is 0 Å². The predicted octanol–water partition coefficient (Wildman–Crippen LogP) is 3.68. The summed E-state index contributed by atoms with van der Waals surface area (Å²) in [6.07, 6.45) is 2.01. The molecule has 3 amide bonds. The molecule has 0 atom stereocenters. The van der Waals surface area contributed by atoms with Crippen LogP contribution in [0.5, 0.6) is 0 Å². The van der Waals surface area contributed by atoms with E-state index in [0.29, 0.717) is 41.0 Å². The standard InChI is InChI=1S/C27H23N5O4/c1-16-23-20(29-31-26(34)21-15-14-17-8-5-6-11-19(17)28-21)12-7-13-22(23)36-24(16)27(35)32-30-25(33)18-9-3-2-4-10-18/h2-6,8-11,14-15H,7,12-13H2,1H3,(H,30,33)(H,31,34)(H,32,35)/b29-20+. The molecule has 2 aromatic heterocycles. The first-order valence-electron chi connectivity index (χ1n) is 11.5. The van der Waals surface area contributed by atoms with Gasteiger partial charge in [0.25, 0.3) is 11.8 Å². The second kappa shape index (κ2) is 9.83. The second-order valence-electron chi connectivity index (χ2n) is 8.37. The number of aromatic nitrogens is 1. The minimum atomic E-state index is -0.574. The van der Waals surface area contributed by atoms with Gasteiger partial charge in [0, 0.05) is 28.5 Å². The normalized spacial score (nSPS) is 13.8. The number of amides is 3. The number of rotatable bonds is 4. The Morgan fingerprint density at radius 1 is 0.861 bits per heavy atom. The minimum absolute atomic E-state index is 0.0884. The van der Waals surface area contributed by atoms with Crippen LogP contribution in [-0.4, -0.2) is 28.4 Å². The van der Waals surface area contributed by atoms with E-state index in [2.05, 4.69) is 26.4 Å². The van der Waals surface area contributed by atoms with Gasteiger partial charge in [-0.2, -0.15) is 5.10 Å². The van der Waals surface area contributed by atoms with Crippen molar-refractivity contribution >= 4 is 34.3 Å². The van der Waals surface area contributed by atoms with Crippen molar-refractivity contribution in [1.82, 2.24) is 21.3 Å². The van der Waals surface area contributed by atoms with Crippen molar-refractivity contribution in [2.75, 3.05) is 0 Å². The number of aryl methyl sites for hydroxylation is 1. The predicted molar refractivity (Wildman–Crippen MR) is 134 cm³/mol. The molecule has 0 radical (unpaired) electrons. The molecule has 2 aromatic carbocycles. The highest BCUT2D eigenvalue weighted by Gasteiger charge is 2.28. The lowest BCUT2D eigenvalue weighted by Crippen LogP contribution is -2.41. The number of pyridine rings is 1. The molecule has 3 N–H and O–H groups in total. The van der Waals surface area contributed by atoms with Gasteiger partial charge < -0.3 is 4.42 Å². The number of hydrazone groups is 1. The Kier molecular flexibility index (Phi) is 6.27. The third-order valence-corrected chi connectivity index (χ3v) is 5.98. The molecule has 2 heterocycles. The van der Waals surface area contributed by atoms with Gasteiger partial charge in [0.15, 0.2) is 5.76 Å². The zero-order valence-corrected chi connectivity index (χ0v) is 19.5. The lowest BCUT2D eigenvalue weighted by molar-refractivity contribution is 0.0829. The number of furan rings is 1. The first-order chi connectivity index (χ1) is 17.5. The smallest absolute Gasteiger partial charge is 0.305 e. The molecule has 180 valence electrons. The van der Waals surface area contributed by atoms with Crippen LogP contribution in [0.25, 0.3) is 10.9 Å². The maximum Gasteiger partial charge on any atom is 0.305 e. The Bertz CT molecular complexity index is 1510. The monoisotopic (exact) mass is 481 g/mol. The van der Waals surface area contributed by atoms with Crippen molar-refractivity contribution in [3.05, 3.63) is 101 Å².